The van der Waals surface area contributed by atoms with Crippen molar-refractivity contribution < 1.29 is 0 Å². The molecular weight excluding hydrogens is 701 g/mol. The molecule has 10 aromatic rings. The maximum Gasteiger partial charge on any atom is 0.161 e. The first kappa shape index (κ1) is 32.4. The van der Waals surface area contributed by atoms with E-state index in [1.165, 1.54) is 42.1 Å². The smallest absolute Gasteiger partial charge is 0.161 e. The Morgan fingerprint density at radius 1 is 0.446 bits per heavy atom. The number of nitrogens with one attached hydrogen (secondary N) is 1. The van der Waals surface area contributed by atoms with Crippen LogP contribution in [0, 0.1) is 0 Å². The zero-order chi connectivity index (χ0) is 37.0. The molecule has 0 amide bonds. The highest BCUT2D eigenvalue weighted by Gasteiger charge is 2.26. The standard InChI is InChI=1S/C51H34N4S/c1-4-15-33(16-5-1)38-23-14-24-42(51-53-49(34-17-6-2-7-18-34)52-50(54-51)35-19-8-3-9-20-35)48(38)55-44-25-12-10-21-39(44)43-31-36(28-30-45(43)55)37-27-29-41-40-22-11-13-26-46(40)56-47(41)32-37/h1-32,49H,(H,52,53,54). The van der Waals surface area contributed by atoms with Gasteiger partial charge in [0.1, 0.15) is 12.0 Å². The first-order valence-electron chi connectivity index (χ1n) is 18.9. The minimum Gasteiger partial charge on any atom is -0.344 e. The third kappa shape index (κ3) is 5.44. The molecule has 264 valence electrons. The summed E-state index contributed by atoms with van der Waals surface area (Å²) in [6.45, 7) is 0. The minimum atomic E-state index is -0.314. The van der Waals surface area contributed by atoms with Crippen LogP contribution in [0.4, 0.5) is 0 Å². The maximum absolute atomic E-state index is 5.36. The predicted octanol–water partition coefficient (Wildman–Crippen LogP) is 13.0. The number of nitrogens with zero attached hydrogens (tertiary/aromatic N) is 3. The molecule has 2 aromatic heterocycles. The molecule has 1 unspecified atom stereocenters. The lowest BCUT2D eigenvalue weighted by atomic mass is 9.98. The van der Waals surface area contributed by atoms with Gasteiger partial charge in [-0.25, -0.2) is 9.98 Å². The van der Waals surface area contributed by atoms with Gasteiger partial charge in [0.15, 0.2) is 5.84 Å². The summed E-state index contributed by atoms with van der Waals surface area (Å²) >= 11 is 1.86. The van der Waals surface area contributed by atoms with E-state index < -0.39 is 0 Å². The molecule has 0 saturated carbocycles. The second-order valence-electron chi connectivity index (χ2n) is 14.2. The van der Waals surface area contributed by atoms with E-state index in [0.29, 0.717) is 5.84 Å². The van der Waals surface area contributed by atoms with Gasteiger partial charge in [0.2, 0.25) is 0 Å². The van der Waals surface area contributed by atoms with Crippen molar-refractivity contribution in [2.45, 2.75) is 6.17 Å². The van der Waals surface area contributed by atoms with Crippen molar-refractivity contribution in [3.8, 4) is 27.9 Å². The SMILES string of the molecule is c1ccc(C2=NC(c3cccc(-c4ccccc4)c3-n3c4ccccc4c4cc(-c5ccc6c(c5)sc5ccccc56)ccc43)=NC(c3ccccc3)N2)cc1. The number of aromatic nitrogens is 1. The van der Waals surface area contributed by atoms with Crippen molar-refractivity contribution in [3.63, 3.8) is 0 Å². The summed E-state index contributed by atoms with van der Waals surface area (Å²) in [5.74, 6) is 1.48. The first-order valence-corrected chi connectivity index (χ1v) is 19.8. The van der Waals surface area contributed by atoms with Gasteiger partial charge >= 0.3 is 0 Å². The number of benzene rings is 8. The molecule has 0 saturated heterocycles. The number of amidine groups is 2. The summed E-state index contributed by atoms with van der Waals surface area (Å²) in [7, 11) is 0. The van der Waals surface area contributed by atoms with Gasteiger partial charge in [-0.2, -0.15) is 0 Å². The van der Waals surface area contributed by atoms with Crippen LogP contribution in [0.1, 0.15) is 22.9 Å². The van der Waals surface area contributed by atoms with Crippen molar-refractivity contribution in [1.29, 1.82) is 0 Å². The predicted molar refractivity (Wildman–Crippen MR) is 236 cm³/mol. The van der Waals surface area contributed by atoms with E-state index in [-0.39, 0.29) is 6.17 Å². The van der Waals surface area contributed by atoms with Crippen molar-refractivity contribution in [1.82, 2.24) is 9.88 Å². The molecule has 11 rings (SSSR count). The van der Waals surface area contributed by atoms with Crippen molar-refractivity contribution in [2.75, 3.05) is 0 Å². The molecule has 3 heterocycles. The van der Waals surface area contributed by atoms with Crippen molar-refractivity contribution >= 4 is 65.0 Å². The molecular formula is C51H34N4S. The fourth-order valence-electron chi connectivity index (χ4n) is 8.23. The second-order valence-corrected chi connectivity index (χ2v) is 15.3. The number of para-hydroxylation sites is 2. The molecule has 0 fully saturated rings. The highest BCUT2D eigenvalue weighted by Crippen LogP contribution is 2.41. The van der Waals surface area contributed by atoms with Gasteiger partial charge in [-0.1, -0.05) is 158 Å². The van der Waals surface area contributed by atoms with E-state index in [4.69, 9.17) is 9.98 Å². The van der Waals surface area contributed by atoms with Gasteiger partial charge in [0.05, 0.1) is 16.7 Å². The number of thiophene rings is 1. The third-order valence-electron chi connectivity index (χ3n) is 10.9. The van der Waals surface area contributed by atoms with Crippen LogP contribution >= 0.6 is 11.3 Å². The number of hydrogen-bond acceptors (Lipinski definition) is 4. The largest absolute Gasteiger partial charge is 0.344 e. The molecule has 4 nitrogen and oxygen atoms in total. The Bertz CT molecular complexity index is 3160. The van der Waals surface area contributed by atoms with Crippen molar-refractivity contribution in [3.05, 3.63) is 211 Å². The average molecular weight is 735 g/mol. The molecule has 56 heavy (non-hydrogen) atoms. The van der Waals surface area contributed by atoms with Gasteiger partial charge in [-0.15, -0.1) is 11.3 Å². The van der Waals surface area contributed by atoms with Crippen LogP contribution in [0.3, 0.4) is 0 Å². The van der Waals surface area contributed by atoms with Crippen LogP contribution < -0.4 is 5.32 Å². The number of fused-ring (bicyclic) bond motifs is 6. The van der Waals surface area contributed by atoms with E-state index in [1.807, 2.05) is 23.5 Å². The summed E-state index contributed by atoms with van der Waals surface area (Å²) in [5, 5.41) is 8.67. The minimum absolute atomic E-state index is 0.314. The number of rotatable bonds is 6. The lowest BCUT2D eigenvalue weighted by molar-refractivity contribution is 0.674. The van der Waals surface area contributed by atoms with Gasteiger partial charge in [0, 0.05) is 47.6 Å². The topological polar surface area (TPSA) is 41.7 Å². The fourth-order valence-corrected chi connectivity index (χ4v) is 9.38. The summed E-state index contributed by atoms with van der Waals surface area (Å²) in [4.78, 5) is 10.7. The molecule has 0 spiro atoms. The zero-order valence-electron chi connectivity index (χ0n) is 30.3. The van der Waals surface area contributed by atoms with Gasteiger partial charge in [-0.05, 0) is 58.7 Å². The monoisotopic (exact) mass is 734 g/mol. The number of aliphatic imine (C=N–C) groups is 2. The third-order valence-corrected chi connectivity index (χ3v) is 12.0. The molecule has 1 aliphatic heterocycles. The summed E-state index contributed by atoms with van der Waals surface area (Å²) in [5.41, 5.74) is 11.0. The normalized spacial score (nSPS) is 14.2. The Kier molecular flexibility index (Phi) is 7.71. The quantitative estimate of drug-likeness (QED) is 0.182. The van der Waals surface area contributed by atoms with Crippen LogP contribution in [-0.4, -0.2) is 16.2 Å². The Hall–Kier alpha value is -7.08. The van der Waals surface area contributed by atoms with E-state index in [0.717, 1.165) is 50.4 Å². The Labute approximate surface area is 328 Å². The van der Waals surface area contributed by atoms with Gasteiger partial charge in [0.25, 0.3) is 0 Å². The van der Waals surface area contributed by atoms with Crippen LogP contribution in [0.15, 0.2) is 204 Å². The van der Waals surface area contributed by atoms with E-state index in [1.54, 1.807) is 0 Å². The molecule has 8 aromatic carbocycles. The van der Waals surface area contributed by atoms with E-state index in [2.05, 4.69) is 192 Å². The van der Waals surface area contributed by atoms with Gasteiger partial charge < -0.3 is 9.88 Å². The first-order chi connectivity index (χ1) is 27.8. The highest BCUT2D eigenvalue weighted by atomic mass is 32.1. The van der Waals surface area contributed by atoms with E-state index in [9.17, 15) is 0 Å². The van der Waals surface area contributed by atoms with E-state index >= 15 is 0 Å². The lowest BCUT2D eigenvalue weighted by Crippen LogP contribution is -2.33. The molecule has 1 atom stereocenters. The fraction of sp³-hybridized carbons (Fsp3) is 0.0196. The van der Waals surface area contributed by atoms with Crippen LogP contribution in [-0.2, 0) is 0 Å². The molecule has 0 radical (unpaired) electrons. The second kappa shape index (κ2) is 13.3. The Morgan fingerprint density at radius 2 is 1.07 bits per heavy atom. The maximum atomic E-state index is 5.36. The highest BCUT2D eigenvalue weighted by molar-refractivity contribution is 7.25. The lowest BCUT2D eigenvalue weighted by Gasteiger charge is -2.25. The Balaban J connectivity index is 1.15. The summed E-state index contributed by atoms with van der Waals surface area (Å²) in [6, 6.07) is 69.2. The van der Waals surface area contributed by atoms with Gasteiger partial charge in [-0.3, -0.25) is 0 Å². The van der Waals surface area contributed by atoms with Crippen LogP contribution in [0.25, 0.3) is 69.9 Å². The summed E-state index contributed by atoms with van der Waals surface area (Å²) in [6.07, 6.45) is -0.314. The Morgan fingerprint density at radius 3 is 1.89 bits per heavy atom. The molecule has 1 N–H and O–H groups in total. The molecule has 0 bridgehead atoms. The average Bonchev–Trinajstić information content (AvgIpc) is 3.82. The summed E-state index contributed by atoms with van der Waals surface area (Å²) < 4.78 is 5.06. The zero-order valence-corrected chi connectivity index (χ0v) is 31.1. The van der Waals surface area contributed by atoms with Crippen molar-refractivity contribution in [2.24, 2.45) is 9.98 Å². The van der Waals surface area contributed by atoms with Crippen LogP contribution in [0.2, 0.25) is 0 Å². The van der Waals surface area contributed by atoms with Crippen LogP contribution in [0.5, 0.6) is 0 Å². The molecule has 5 heteroatoms. The molecule has 1 aliphatic rings. The number of hydrogen-bond donors (Lipinski definition) is 1. The molecule has 0 aliphatic carbocycles.